The Morgan fingerprint density at radius 3 is 2.65 bits per heavy atom. The monoisotopic (exact) mass is 228 g/mol. The molecule has 86 valence electrons. The molecule has 4 heteroatoms. The predicted octanol–water partition coefficient (Wildman–Crippen LogP) is 2.39. The second kappa shape index (κ2) is 5.12. The number of hydrogen-bond acceptors (Lipinski definition) is 3. The van der Waals surface area contributed by atoms with Gasteiger partial charge in [0.25, 0.3) is 0 Å². The van der Waals surface area contributed by atoms with E-state index in [2.05, 4.69) is 10.3 Å². The third-order valence-corrected chi connectivity index (χ3v) is 2.35. The van der Waals surface area contributed by atoms with Crippen LogP contribution in [0.25, 0.3) is 0 Å². The zero-order valence-corrected chi connectivity index (χ0v) is 9.13. The lowest BCUT2D eigenvalue weighted by Gasteiger charge is -2.07. The van der Waals surface area contributed by atoms with Crippen molar-refractivity contribution in [3.05, 3.63) is 59.9 Å². The molecule has 0 amide bonds. The van der Waals surface area contributed by atoms with Crippen molar-refractivity contribution in [2.75, 3.05) is 5.32 Å². The number of aromatic nitrogens is 1. The van der Waals surface area contributed by atoms with Gasteiger partial charge in [-0.3, -0.25) is 0 Å². The molecule has 4 nitrogen and oxygen atoms in total. The third kappa shape index (κ3) is 2.81. The highest BCUT2D eigenvalue weighted by atomic mass is 16.4. The molecule has 2 rings (SSSR count). The molecule has 0 aliphatic carbocycles. The third-order valence-electron chi connectivity index (χ3n) is 2.35. The minimum Gasteiger partial charge on any atom is -0.477 e. The lowest BCUT2D eigenvalue weighted by Crippen LogP contribution is -2.09. The van der Waals surface area contributed by atoms with E-state index in [9.17, 15) is 4.79 Å². The molecule has 17 heavy (non-hydrogen) atoms. The van der Waals surface area contributed by atoms with Gasteiger partial charge in [-0.05, 0) is 18.2 Å². The van der Waals surface area contributed by atoms with Crippen LogP contribution in [-0.4, -0.2) is 16.1 Å². The molecular formula is C13H12N2O2. The molecular weight excluding hydrogens is 216 g/mol. The molecule has 1 aromatic carbocycles. The van der Waals surface area contributed by atoms with E-state index in [0.29, 0.717) is 12.1 Å². The fourth-order valence-electron chi connectivity index (χ4n) is 1.53. The van der Waals surface area contributed by atoms with E-state index in [1.165, 1.54) is 6.20 Å². The minimum atomic E-state index is -1.00. The lowest BCUT2D eigenvalue weighted by molar-refractivity contribution is 0.0689. The Hall–Kier alpha value is -2.36. The summed E-state index contributed by atoms with van der Waals surface area (Å²) in [5.41, 5.74) is 1.72. The SMILES string of the molecule is O=C(O)c1ncccc1CNc1ccccc1. The first-order chi connectivity index (χ1) is 8.27. The van der Waals surface area contributed by atoms with Gasteiger partial charge in [-0.25, -0.2) is 9.78 Å². The van der Waals surface area contributed by atoms with Gasteiger partial charge < -0.3 is 10.4 Å². The summed E-state index contributed by atoms with van der Waals surface area (Å²) in [5, 5.41) is 12.1. The lowest BCUT2D eigenvalue weighted by atomic mass is 10.2. The first-order valence-corrected chi connectivity index (χ1v) is 5.23. The average Bonchev–Trinajstić information content (AvgIpc) is 2.38. The van der Waals surface area contributed by atoms with Crippen molar-refractivity contribution < 1.29 is 9.90 Å². The Balaban J connectivity index is 2.12. The van der Waals surface area contributed by atoms with Crippen molar-refractivity contribution in [3.63, 3.8) is 0 Å². The number of pyridine rings is 1. The number of nitrogens with zero attached hydrogens (tertiary/aromatic N) is 1. The number of para-hydroxylation sites is 1. The van der Waals surface area contributed by atoms with Crippen LogP contribution in [0.15, 0.2) is 48.7 Å². The zero-order chi connectivity index (χ0) is 12.1. The van der Waals surface area contributed by atoms with Gasteiger partial charge in [-0.2, -0.15) is 0 Å². The molecule has 0 saturated carbocycles. The fraction of sp³-hybridized carbons (Fsp3) is 0.0769. The number of anilines is 1. The second-order valence-electron chi connectivity index (χ2n) is 3.54. The maximum atomic E-state index is 10.9. The Kier molecular flexibility index (Phi) is 3.35. The Labute approximate surface area is 98.9 Å². The van der Waals surface area contributed by atoms with E-state index in [0.717, 1.165) is 5.69 Å². The van der Waals surface area contributed by atoms with Crippen LogP contribution < -0.4 is 5.32 Å². The molecule has 0 aliphatic rings. The largest absolute Gasteiger partial charge is 0.477 e. The molecule has 0 bridgehead atoms. The smallest absolute Gasteiger partial charge is 0.354 e. The van der Waals surface area contributed by atoms with Crippen LogP contribution in [0.1, 0.15) is 16.1 Å². The number of benzene rings is 1. The summed E-state index contributed by atoms with van der Waals surface area (Å²) in [6.45, 7) is 0.444. The number of carboxylic acids is 1. The van der Waals surface area contributed by atoms with Crippen molar-refractivity contribution in [1.29, 1.82) is 0 Å². The Morgan fingerprint density at radius 1 is 1.18 bits per heavy atom. The molecule has 1 heterocycles. The van der Waals surface area contributed by atoms with Gasteiger partial charge in [-0.15, -0.1) is 0 Å². The second-order valence-corrected chi connectivity index (χ2v) is 3.54. The fourth-order valence-corrected chi connectivity index (χ4v) is 1.53. The molecule has 0 atom stereocenters. The Bertz CT molecular complexity index is 512. The molecule has 1 aromatic heterocycles. The normalized spacial score (nSPS) is 9.88. The van der Waals surface area contributed by atoms with Gasteiger partial charge in [-0.1, -0.05) is 24.3 Å². The van der Waals surface area contributed by atoms with Crippen LogP contribution in [0.2, 0.25) is 0 Å². The Morgan fingerprint density at radius 2 is 1.94 bits per heavy atom. The molecule has 0 radical (unpaired) electrons. The van der Waals surface area contributed by atoms with Crippen LogP contribution in [-0.2, 0) is 6.54 Å². The summed E-state index contributed by atoms with van der Waals surface area (Å²) in [5.74, 6) is -1.00. The molecule has 2 aromatic rings. The number of rotatable bonds is 4. The summed E-state index contributed by atoms with van der Waals surface area (Å²) in [4.78, 5) is 14.8. The van der Waals surface area contributed by atoms with Gasteiger partial charge in [0.05, 0.1) is 0 Å². The zero-order valence-electron chi connectivity index (χ0n) is 9.13. The van der Waals surface area contributed by atoms with Crippen molar-refractivity contribution in [2.24, 2.45) is 0 Å². The predicted molar refractivity (Wildman–Crippen MR) is 65.0 cm³/mol. The van der Waals surface area contributed by atoms with Crippen LogP contribution in [0, 0.1) is 0 Å². The highest BCUT2D eigenvalue weighted by Gasteiger charge is 2.09. The molecule has 2 N–H and O–H groups in total. The highest BCUT2D eigenvalue weighted by molar-refractivity contribution is 5.87. The van der Waals surface area contributed by atoms with E-state index in [-0.39, 0.29) is 5.69 Å². The molecule has 0 saturated heterocycles. The van der Waals surface area contributed by atoms with E-state index in [1.54, 1.807) is 12.1 Å². The first-order valence-electron chi connectivity index (χ1n) is 5.23. The van der Waals surface area contributed by atoms with Gasteiger partial charge >= 0.3 is 5.97 Å². The molecule has 0 aliphatic heterocycles. The van der Waals surface area contributed by atoms with Gasteiger partial charge in [0.15, 0.2) is 5.69 Å². The number of nitrogens with one attached hydrogen (secondary N) is 1. The summed E-state index contributed by atoms with van der Waals surface area (Å²) in [6.07, 6.45) is 1.48. The van der Waals surface area contributed by atoms with Crippen LogP contribution in [0.3, 0.4) is 0 Å². The maximum Gasteiger partial charge on any atom is 0.354 e. The average molecular weight is 228 g/mol. The number of aromatic carboxylic acids is 1. The van der Waals surface area contributed by atoms with Gasteiger partial charge in [0.1, 0.15) is 0 Å². The molecule has 0 fully saturated rings. The van der Waals surface area contributed by atoms with Crippen molar-refractivity contribution in [3.8, 4) is 0 Å². The van der Waals surface area contributed by atoms with Crippen LogP contribution in [0.5, 0.6) is 0 Å². The van der Waals surface area contributed by atoms with Crippen LogP contribution >= 0.6 is 0 Å². The maximum absolute atomic E-state index is 10.9. The van der Waals surface area contributed by atoms with E-state index < -0.39 is 5.97 Å². The van der Waals surface area contributed by atoms with Gasteiger partial charge in [0, 0.05) is 24.0 Å². The number of hydrogen-bond donors (Lipinski definition) is 2. The van der Waals surface area contributed by atoms with E-state index in [4.69, 9.17) is 5.11 Å². The minimum absolute atomic E-state index is 0.0935. The number of carboxylic acid groups (broad SMARTS) is 1. The van der Waals surface area contributed by atoms with Crippen molar-refractivity contribution >= 4 is 11.7 Å². The topological polar surface area (TPSA) is 62.2 Å². The summed E-state index contributed by atoms with van der Waals surface area (Å²) in [6, 6.07) is 13.1. The molecule has 0 unspecified atom stereocenters. The number of carbonyl (C=O) groups is 1. The van der Waals surface area contributed by atoms with E-state index >= 15 is 0 Å². The molecule has 0 spiro atoms. The van der Waals surface area contributed by atoms with Crippen molar-refractivity contribution in [2.45, 2.75) is 6.54 Å². The summed E-state index contributed by atoms with van der Waals surface area (Å²) >= 11 is 0. The summed E-state index contributed by atoms with van der Waals surface area (Å²) < 4.78 is 0. The highest BCUT2D eigenvalue weighted by Crippen LogP contribution is 2.10. The summed E-state index contributed by atoms with van der Waals surface area (Å²) in [7, 11) is 0. The van der Waals surface area contributed by atoms with Crippen LogP contribution in [0.4, 0.5) is 5.69 Å². The first kappa shape index (κ1) is 11.1. The quantitative estimate of drug-likeness (QED) is 0.843. The van der Waals surface area contributed by atoms with Crippen molar-refractivity contribution in [1.82, 2.24) is 4.98 Å². The standard InChI is InChI=1S/C13H12N2O2/c16-13(17)12-10(5-4-8-14-12)9-15-11-6-2-1-3-7-11/h1-8,15H,9H2,(H,16,17). The van der Waals surface area contributed by atoms with E-state index in [1.807, 2.05) is 30.3 Å². The van der Waals surface area contributed by atoms with Gasteiger partial charge in [0.2, 0.25) is 0 Å².